The highest BCUT2D eigenvalue weighted by atomic mass is 79.9. The first-order valence-electron chi connectivity index (χ1n) is 4.60. The lowest BCUT2D eigenvalue weighted by molar-refractivity contribution is 0.0176. The molecule has 1 aromatic heterocycles. The van der Waals surface area contributed by atoms with Crippen molar-refractivity contribution in [3.05, 3.63) is 28.5 Å². The van der Waals surface area contributed by atoms with Crippen molar-refractivity contribution in [1.29, 1.82) is 0 Å². The molecule has 78 valence electrons. The Hall–Kier alpha value is -0.450. The molecule has 0 aliphatic carbocycles. The van der Waals surface area contributed by atoms with Crippen LogP contribution in [-0.2, 0) is 6.42 Å². The van der Waals surface area contributed by atoms with E-state index in [4.69, 9.17) is 0 Å². The lowest BCUT2D eigenvalue weighted by atomic mass is 10.1. The van der Waals surface area contributed by atoms with E-state index in [1.54, 1.807) is 6.20 Å². The molecule has 0 saturated heterocycles. The first-order valence-corrected chi connectivity index (χ1v) is 5.39. The first kappa shape index (κ1) is 11.6. The van der Waals surface area contributed by atoms with E-state index in [9.17, 15) is 10.2 Å². The van der Waals surface area contributed by atoms with Crippen LogP contribution in [0.2, 0.25) is 0 Å². The zero-order chi connectivity index (χ0) is 10.6. The van der Waals surface area contributed by atoms with Crippen molar-refractivity contribution in [3.63, 3.8) is 0 Å². The number of rotatable bonds is 4. The van der Waals surface area contributed by atoms with Gasteiger partial charge >= 0.3 is 0 Å². The summed E-state index contributed by atoms with van der Waals surface area (Å²) in [6.07, 6.45) is 1.23. The van der Waals surface area contributed by atoms with E-state index in [0.717, 1.165) is 10.2 Å². The van der Waals surface area contributed by atoms with Gasteiger partial charge in [-0.1, -0.05) is 6.92 Å². The summed E-state index contributed by atoms with van der Waals surface area (Å²) in [6, 6.07) is 3.70. The minimum atomic E-state index is -0.728. The van der Waals surface area contributed by atoms with Gasteiger partial charge in [0.2, 0.25) is 0 Å². The fraction of sp³-hybridized carbons (Fsp3) is 0.500. The maximum absolute atomic E-state index is 9.54. The highest BCUT2D eigenvalue weighted by molar-refractivity contribution is 9.10. The quantitative estimate of drug-likeness (QED) is 0.863. The van der Waals surface area contributed by atoms with Crippen LogP contribution in [0.1, 0.15) is 19.0 Å². The van der Waals surface area contributed by atoms with Gasteiger partial charge in [-0.2, -0.15) is 0 Å². The average Bonchev–Trinajstić information content (AvgIpc) is 2.20. The predicted molar refractivity (Wildman–Crippen MR) is 57.9 cm³/mol. The summed E-state index contributed by atoms with van der Waals surface area (Å²) in [5.41, 5.74) is 0.785. The first-order chi connectivity index (χ1) is 6.63. The normalized spacial score (nSPS) is 15.1. The van der Waals surface area contributed by atoms with Crippen LogP contribution in [0.3, 0.4) is 0 Å². The van der Waals surface area contributed by atoms with E-state index < -0.39 is 12.2 Å². The number of aliphatic hydroxyl groups excluding tert-OH is 2. The predicted octanol–water partition coefficient (Wildman–Crippen LogP) is 1.52. The molecular weight excluding hydrogens is 246 g/mol. The van der Waals surface area contributed by atoms with Crippen LogP contribution in [0.15, 0.2) is 22.8 Å². The number of hydrogen-bond donors (Lipinski definition) is 2. The van der Waals surface area contributed by atoms with Crippen molar-refractivity contribution in [2.24, 2.45) is 0 Å². The van der Waals surface area contributed by atoms with E-state index in [1.165, 1.54) is 0 Å². The van der Waals surface area contributed by atoms with Gasteiger partial charge in [-0.3, -0.25) is 4.98 Å². The Morgan fingerprint density at radius 1 is 1.36 bits per heavy atom. The third-order valence-corrected chi connectivity index (χ3v) is 2.54. The number of halogens is 1. The van der Waals surface area contributed by atoms with E-state index in [0.29, 0.717) is 12.8 Å². The second kappa shape index (κ2) is 5.44. The third kappa shape index (κ3) is 3.36. The van der Waals surface area contributed by atoms with Crippen molar-refractivity contribution >= 4 is 15.9 Å². The molecule has 2 N–H and O–H groups in total. The Labute approximate surface area is 91.9 Å². The molecule has 0 saturated carbocycles. The van der Waals surface area contributed by atoms with Crippen molar-refractivity contribution < 1.29 is 10.2 Å². The Balaban J connectivity index is 2.56. The number of aromatic nitrogens is 1. The highest BCUT2D eigenvalue weighted by Gasteiger charge is 2.14. The van der Waals surface area contributed by atoms with Crippen molar-refractivity contribution in [1.82, 2.24) is 4.98 Å². The van der Waals surface area contributed by atoms with Gasteiger partial charge in [0.15, 0.2) is 0 Å². The molecule has 2 unspecified atom stereocenters. The molecule has 0 spiro atoms. The molecule has 2 atom stereocenters. The lowest BCUT2D eigenvalue weighted by Gasteiger charge is -2.15. The molecule has 0 aliphatic heterocycles. The molecule has 0 bridgehead atoms. The van der Waals surface area contributed by atoms with Crippen molar-refractivity contribution in [3.8, 4) is 0 Å². The molecule has 4 heteroatoms. The summed E-state index contributed by atoms with van der Waals surface area (Å²) < 4.78 is 0.909. The van der Waals surface area contributed by atoms with Gasteiger partial charge in [-0.25, -0.2) is 0 Å². The van der Waals surface area contributed by atoms with Crippen molar-refractivity contribution in [2.75, 3.05) is 0 Å². The van der Waals surface area contributed by atoms with Gasteiger partial charge in [0.1, 0.15) is 0 Å². The zero-order valence-corrected chi connectivity index (χ0v) is 9.61. The molecule has 1 aromatic rings. The summed E-state index contributed by atoms with van der Waals surface area (Å²) in [7, 11) is 0. The van der Waals surface area contributed by atoms with E-state index in [-0.39, 0.29) is 0 Å². The fourth-order valence-corrected chi connectivity index (χ4v) is 1.38. The minimum absolute atomic E-state index is 0.391. The number of nitrogens with zero attached hydrogens (tertiary/aromatic N) is 1. The van der Waals surface area contributed by atoms with E-state index >= 15 is 0 Å². The second-order valence-electron chi connectivity index (χ2n) is 3.21. The smallest absolute Gasteiger partial charge is 0.0854 e. The van der Waals surface area contributed by atoms with Gasteiger partial charge in [-0.15, -0.1) is 0 Å². The largest absolute Gasteiger partial charge is 0.390 e. The Morgan fingerprint density at radius 2 is 2.07 bits per heavy atom. The highest BCUT2D eigenvalue weighted by Crippen LogP contribution is 2.10. The van der Waals surface area contributed by atoms with Crippen LogP contribution in [0, 0.1) is 0 Å². The SMILES string of the molecule is CCC(O)C(O)Cc1ccc(Br)cn1. The fourth-order valence-electron chi connectivity index (χ4n) is 1.15. The maximum atomic E-state index is 9.54. The molecule has 14 heavy (non-hydrogen) atoms. The van der Waals surface area contributed by atoms with Gasteiger partial charge in [0, 0.05) is 22.8 Å². The molecule has 0 amide bonds. The topological polar surface area (TPSA) is 53.4 Å². The Kier molecular flexibility index (Phi) is 4.51. The van der Waals surface area contributed by atoms with Gasteiger partial charge in [0.05, 0.1) is 12.2 Å². The van der Waals surface area contributed by atoms with Gasteiger partial charge in [0.25, 0.3) is 0 Å². The second-order valence-corrected chi connectivity index (χ2v) is 4.13. The number of pyridine rings is 1. The molecule has 0 fully saturated rings. The van der Waals surface area contributed by atoms with Crippen molar-refractivity contribution in [2.45, 2.75) is 32.0 Å². The van der Waals surface area contributed by atoms with Gasteiger partial charge in [-0.05, 0) is 34.5 Å². The summed E-state index contributed by atoms with van der Waals surface area (Å²) >= 11 is 3.28. The summed E-state index contributed by atoms with van der Waals surface area (Å²) in [5.74, 6) is 0. The van der Waals surface area contributed by atoms with Crippen LogP contribution in [0.4, 0.5) is 0 Å². The molecule has 3 nitrogen and oxygen atoms in total. The number of aliphatic hydroxyl groups is 2. The summed E-state index contributed by atoms with van der Waals surface area (Å²) in [5, 5.41) is 18.9. The van der Waals surface area contributed by atoms with Crippen LogP contribution >= 0.6 is 15.9 Å². The Bertz CT molecular complexity index is 276. The molecular formula is C10H14BrNO2. The summed E-state index contributed by atoms with van der Waals surface area (Å²) in [6.45, 7) is 1.84. The molecule has 0 radical (unpaired) electrons. The third-order valence-electron chi connectivity index (χ3n) is 2.07. The lowest BCUT2D eigenvalue weighted by Crippen LogP contribution is -2.27. The molecule has 1 heterocycles. The van der Waals surface area contributed by atoms with Crippen LogP contribution in [-0.4, -0.2) is 27.4 Å². The van der Waals surface area contributed by atoms with E-state index in [1.807, 2.05) is 19.1 Å². The molecule has 0 aromatic carbocycles. The minimum Gasteiger partial charge on any atom is -0.390 e. The van der Waals surface area contributed by atoms with Crippen LogP contribution in [0.5, 0.6) is 0 Å². The van der Waals surface area contributed by atoms with E-state index in [2.05, 4.69) is 20.9 Å². The summed E-state index contributed by atoms with van der Waals surface area (Å²) in [4.78, 5) is 4.12. The van der Waals surface area contributed by atoms with Gasteiger partial charge < -0.3 is 10.2 Å². The van der Waals surface area contributed by atoms with Crippen LogP contribution < -0.4 is 0 Å². The monoisotopic (exact) mass is 259 g/mol. The van der Waals surface area contributed by atoms with Crippen LogP contribution in [0.25, 0.3) is 0 Å². The molecule has 1 rings (SSSR count). The standard InChI is InChI=1S/C10H14BrNO2/c1-2-9(13)10(14)5-8-4-3-7(11)6-12-8/h3-4,6,9-10,13-14H,2,5H2,1H3. The zero-order valence-electron chi connectivity index (χ0n) is 8.02. The average molecular weight is 260 g/mol. The Morgan fingerprint density at radius 3 is 2.57 bits per heavy atom. The maximum Gasteiger partial charge on any atom is 0.0854 e. The molecule has 0 aliphatic rings. The number of hydrogen-bond acceptors (Lipinski definition) is 3.